The summed E-state index contributed by atoms with van der Waals surface area (Å²) in [6, 6.07) is -0.911. The normalized spacial score (nSPS) is 14.6. The Balaban J connectivity index is 4.31. The molecule has 0 saturated carbocycles. The fourth-order valence-electron chi connectivity index (χ4n) is 8.53. The van der Waals surface area contributed by atoms with Crippen LogP contribution in [0.15, 0.2) is 122 Å². The lowest BCUT2D eigenvalue weighted by atomic mass is 10.0. The van der Waals surface area contributed by atoms with Crippen LogP contribution in [0.5, 0.6) is 0 Å². The number of unbranched alkanes of at least 4 members (excludes halogenated alkanes) is 25. The van der Waals surface area contributed by atoms with Gasteiger partial charge in [0.25, 0.3) is 0 Å². The zero-order valence-electron chi connectivity index (χ0n) is 50.4. The Morgan fingerprint density at radius 3 is 1.19 bits per heavy atom. The number of rotatable bonds is 56. The number of amides is 1. The zero-order chi connectivity index (χ0) is 56.3. The monoisotopic (exact) mass is 1090 g/mol. The van der Waals surface area contributed by atoms with E-state index < -0.39 is 20.0 Å². The van der Waals surface area contributed by atoms with E-state index in [1.54, 1.807) is 6.08 Å². The van der Waals surface area contributed by atoms with Crippen LogP contribution < -0.4 is 5.32 Å². The molecule has 0 aromatic carbocycles. The largest absolute Gasteiger partial charge is 0.472 e. The maximum Gasteiger partial charge on any atom is 0.472 e. The molecule has 1 amide bonds. The number of allylic oxidation sites excluding steroid dienone is 19. The highest BCUT2D eigenvalue weighted by atomic mass is 31.2. The second kappa shape index (κ2) is 57.6. The third-order valence-corrected chi connectivity index (χ3v) is 14.4. The predicted molar refractivity (Wildman–Crippen MR) is 336 cm³/mol. The maximum atomic E-state index is 13.0. The maximum absolute atomic E-state index is 13.0. The average Bonchev–Trinajstić information content (AvgIpc) is 3.39. The van der Waals surface area contributed by atoms with Crippen molar-refractivity contribution in [2.24, 2.45) is 0 Å². The van der Waals surface area contributed by atoms with Crippen LogP contribution >= 0.6 is 7.82 Å². The first-order chi connectivity index (χ1) is 37.5. The Labute approximate surface area is 475 Å². The van der Waals surface area contributed by atoms with E-state index in [0.29, 0.717) is 17.4 Å². The number of hydrogen-bond donors (Lipinski definition) is 3. The van der Waals surface area contributed by atoms with E-state index >= 15 is 0 Å². The first-order valence-electron chi connectivity index (χ1n) is 31.4. The lowest BCUT2D eigenvalue weighted by Gasteiger charge is -2.25. The summed E-state index contributed by atoms with van der Waals surface area (Å²) in [5.41, 5.74) is 0. The summed E-state index contributed by atoms with van der Waals surface area (Å²) < 4.78 is 23.7. The summed E-state index contributed by atoms with van der Waals surface area (Å²) in [6.45, 7) is 4.63. The van der Waals surface area contributed by atoms with Gasteiger partial charge in [0.2, 0.25) is 5.91 Å². The minimum Gasteiger partial charge on any atom is -0.387 e. The Morgan fingerprint density at radius 2 is 0.792 bits per heavy atom. The summed E-state index contributed by atoms with van der Waals surface area (Å²) in [7, 11) is 1.49. The second-order valence-corrected chi connectivity index (χ2v) is 23.5. The lowest BCUT2D eigenvalue weighted by molar-refractivity contribution is -0.870. The number of phosphoric acid groups is 1. The van der Waals surface area contributed by atoms with Gasteiger partial charge in [0.05, 0.1) is 39.9 Å². The molecule has 0 aromatic rings. The van der Waals surface area contributed by atoms with Gasteiger partial charge in [-0.2, -0.15) is 0 Å². The Kier molecular flexibility index (Phi) is 55.3. The van der Waals surface area contributed by atoms with Crippen molar-refractivity contribution < 1.29 is 32.9 Å². The number of hydrogen-bond acceptors (Lipinski definition) is 5. The van der Waals surface area contributed by atoms with Gasteiger partial charge >= 0.3 is 7.82 Å². The molecule has 77 heavy (non-hydrogen) atoms. The van der Waals surface area contributed by atoms with Crippen LogP contribution in [0.3, 0.4) is 0 Å². The summed E-state index contributed by atoms with van der Waals surface area (Å²) in [6.07, 6.45) is 86.3. The number of carbonyl (C=O) groups is 1. The highest BCUT2D eigenvalue weighted by Gasteiger charge is 2.27. The average molecular weight is 1090 g/mol. The minimum absolute atomic E-state index is 0.0356. The molecule has 0 saturated heterocycles. The number of nitrogens with one attached hydrogen (secondary N) is 1. The van der Waals surface area contributed by atoms with E-state index in [-0.39, 0.29) is 25.5 Å². The molecule has 8 nitrogen and oxygen atoms in total. The van der Waals surface area contributed by atoms with Crippen molar-refractivity contribution in [3.05, 3.63) is 122 Å². The molecule has 0 spiro atoms. The Bertz CT molecular complexity index is 1670. The van der Waals surface area contributed by atoms with Gasteiger partial charge in [-0.25, -0.2) is 4.57 Å². The van der Waals surface area contributed by atoms with Crippen LogP contribution in [0, 0.1) is 0 Å². The van der Waals surface area contributed by atoms with E-state index in [2.05, 4.69) is 129 Å². The molecular formula is C68H120N2O6P+. The van der Waals surface area contributed by atoms with Crippen molar-refractivity contribution in [3.8, 4) is 0 Å². The summed E-state index contributed by atoms with van der Waals surface area (Å²) in [5.74, 6) is -0.252. The molecule has 0 fully saturated rings. The van der Waals surface area contributed by atoms with Crippen LogP contribution in [0.2, 0.25) is 0 Å². The summed E-state index contributed by atoms with van der Waals surface area (Å²) >= 11 is 0. The highest BCUT2D eigenvalue weighted by molar-refractivity contribution is 7.47. The molecule has 9 heteroatoms. The van der Waals surface area contributed by atoms with Crippen molar-refractivity contribution in [1.82, 2.24) is 5.32 Å². The number of phosphoric ester groups is 1. The SMILES string of the molecule is CC/C=C\C/C=C\C/C=C\C/C=C\C/C=C\C/C=C\C/C=C\CCCC(=O)NC(COP(=O)(O)OCC[N+](C)(C)C)C(O)/C=C/CC/C=C/CC/C=C/CCCCCCCCCCCCCCCCCCCCCCCC. The topological polar surface area (TPSA) is 105 Å². The molecule has 0 radical (unpaired) electrons. The molecule has 0 aromatic heterocycles. The first kappa shape index (κ1) is 73.9. The quantitative estimate of drug-likeness (QED) is 0.0243. The van der Waals surface area contributed by atoms with Crippen LogP contribution in [-0.2, 0) is 18.4 Å². The van der Waals surface area contributed by atoms with Crippen molar-refractivity contribution in [2.75, 3.05) is 40.9 Å². The van der Waals surface area contributed by atoms with Crippen molar-refractivity contribution in [1.29, 1.82) is 0 Å². The van der Waals surface area contributed by atoms with Crippen molar-refractivity contribution in [2.45, 2.75) is 264 Å². The van der Waals surface area contributed by atoms with Gasteiger partial charge in [-0.05, 0) is 96.3 Å². The third kappa shape index (κ3) is 60.4. The minimum atomic E-state index is -4.39. The molecule has 0 aliphatic carbocycles. The number of quaternary nitrogens is 1. The second-order valence-electron chi connectivity index (χ2n) is 22.0. The fraction of sp³-hybridized carbons (Fsp3) is 0.691. The van der Waals surface area contributed by atoms with E-state index in [1.165, 1.54) is 148 Å². The molecule has 0 bridgehead atoms. The number of carbonyl (C=O) groups excluding carboxylic acids is 1. The molecule has 3 unspecified atom stereocenters. The van der Waals surface area contributed by atoms with Crippen LogP contribution in [-0.4, -0.2) is 73.4 Å². The standard InChI is InChI=1S/C68H119N2O6P/c1-6-8-10-12-14-16-18-20-22-24-26-28-30-31-32-33-34-35-36-37-38-40-41-43-45-47-49-51-53-55-57-59-61-67(71)66(65-76-77(73,74)75-64-63-70(3,4)5)69-68(72)62-60-58-56-54-52-50-48-46-44-42-39-29-27-25-23-21-19-17-15-13-11-9-7-2/h9,11,15,17,21,23,27,29,42-45,48,50-51,53-54,56,59,61,66-67,71H,6-8,10,12-14,16,18-20,22,24-26,28,30-41,46-47,49,52,55,57-58,60,62-65H2,1-5H3,(H-,69,72,73,74)/p+1/b11-9-,17-15-,23-21-,29-27-,44-42-,45-43+,50-48-,53-51+,56-54-,61-59+. The van der Waals surface area contributed by atoms with Gasteiger partial charge in [0.15, 0.2) is 0 Å². The van der Waals surface area contributed by atoms with E-state index in [4.69, 9.17) is 9.05 Å². The fourth-order valence-corrected chi connectivity index (χ4v) is 9.27. The summed E-state index contributed by atoms with van der Waals surface area (Å²) in [5, 5.41) is 13.9. The zero-order valence-corrected chi connectivity index (χ0v) is 51.3. The lowest BCUT2D eigenvalue weighted by Crippen LogP contribution is -2.45. The van der Waals surface area contributed by atoms with E-state index in [1.807, 2.05) is 27.2 Å². The van der Waals surface area contributed by atoms with E-state index in [9.17, 15) is 19.4 Å². The summed E-state index contributed by atoms with van der Waals surface area (Å²) in [4.78, 5) is 23.3. The molecule has 3 atom stereocenters. The molecule has 0 rings (SSSR count). The van der Waals surface area contributed by atoms with Gasteiger partial charge in [0.1, 0.15) is 13.2 Å². The van der Waals surface area contributed by atoms with Gasteiger partial charge in [-0.15, -0.1) is 0 Å². The van der Waals surface area contributed by atoms with Gasteiger partial charge in [-0.1, -0.05) is 270 Å². The number of aliphatic hydroxyl groups is 1. The van der Waals surface area contributed by atoms with Crippen molar-refractivity contribution in [3.63, 3.8) is 0 Å². The van der Waals surface area contributed by atoms with Crippen LogP contribution in [0.1, 0.15) is 251 Å². The Morgan fingerprint density at radius 1 is 0.455 bits per heavy atom. The number of nitrogens with zero attached hydrogens (tertiary/aromatic N) is 1. The van der Waals surface area contributed by atoms with Gasteiger partial charge in [0, 0.05) is 6.42 Å². The van der Waals surface area contributed by atoms with Crippen molar-refractivity contribution >= 4 is 13.7 Å². The molecule has 0 aliphatic rings. The number of likely N-dealkylation sites (N-methyl/N-ethyl adjacent to an activating group) is 1. The first-order valence-corrected chi connectivity index (χ1v) is 32.9. The van der Waals surface area contributed by atoms with Gasteiger partial charge in [-0.3, -0.25) is 13.8 Å². The molecule has 442 valence electrons. The molecule has 0 heterocycles. The predicted octanol–water partition coefficient (Wildman–Crippen LogP) is 19.7. The van der Waals surface area contributed by atoms with Crippen LogP contribution in [0.25, 0.3) is 0 Å². The molecule has 0 aliphatic heterocycles. The van der Waals surface area contributed by atoms with E-state index in [0.717, 1.165) is 77.0 Å². The number of aliphatic hydroxyl groups excluding tert-OH is 1. The Hall–Kier alpha value is -3.10. The van der Waals surface area contributed by atoms with Gasteiger partial charge < -0.3 is 19.8 Å². The smallest absolute Gasteiger partial charge is 0.387 e. The third-order valence-electron chi connectivity index (χ3n) is 13.4. The highest BCUT2D eigenvalue weighted by Crippen LogP contribution is 2.43. The van der Waals surface area contributed by atoms with Crippen LogP contribution in [0.4, 0.5) is 0 Å². The molecule has 3 N–H and O–H groups in total. The molecular weight excluding hydrogens is 972 g/mol.